The van der Waals surface area contributed by atoms with Gasteiger partial charge in [0.15, 0.2) is 0 Å². The Kier molecular flexibility index (Phi) is 12.6. The summed E-state index contributed by atoms with van der Waals surface area (Å²) in [5.41, 5.74) is 0.142. The third-order valence-electron chi connectivity index (χ3n) is 10.6. The summed E-state index contributed by atoms with van der Waals surface area (Å²) in [7, 11) is 0. The van der Waals surface area contributed by atoms with Crippen LogP contribution in [0.4, 0.5) is 0 Å². The minimum atomic E-state index is -0.128. The summed E-state index contributed by atoms with van der Waals surface area (Å²) < 4.78 is 12.1. The average molecular weight is 537 g/mol. The second kappa shape index (κ2) is 14.5. The third-order valence-corrected chi connectivity index (χ3v) is 10.6. The Balaban J connectivity index is 1.84. The van der Waals surface area contributed by atoms with Crippen LogP contribution in [-0.4, -0.2) is 46.3 Å². The highest BCUT2D eigenvalue weighted by Gasteiger charge is 2.46. The molecule has 0 bridgehead atoms. The summed E-state index contributed by atoms with van der Waals surface area (Å²) in [6.45, 7) is 17.8. The highest BCUT2D eigenvalue weighted by atomic mass is 16.5. The van der Waals surface area contributed by atoms with Crippen LogP contribution in [0.5, 0.6) is 0 Å². The molecule has 0 spiro atoms. The van der Waals surface area contributed by atoms with E-state index in [1.165, 1.54) is 0 Å². The van der Waals surface area contributed by atoms with Crippen LogP contribution in [0.25, 0.3) is 0 Å². The van der Waals surface area contributed by atoms with Crippen molar-refractivity contribution in [2.45, 2.75) is 192 Å². The van der Waals surface area contributed by atoms with Gasteiger partial charge in [0, 0.05) is 60.7 Å². The molecule has 0 aromatic rings. The number of ether oxygens (including phenoxy) is 2. The summed E-state index contributed by atoms with van der Waals surface area (Å²) in [6.07, 6.45) is 13.8. The topological polar surface area (TPSA) is 76.7 Å². The molecule has 0 amide bonds. The molecule has 2 aliphatic rings. The number of unbranched alkanes of at least 4 members (excludes halogenated alkanes) is 1. The second-order valence-corrected chi connectivity index (χ2v) is 12.4. The van der Waals surface area contributed by atoms with E-state index < -0.39 is 0 Å². The maximum Gasteiger partial charge on any atom is 0.306 e. The number of rotatable bonds is 15. The van der Waals surface area contributed by atoms with Crippen molar-refractivity contribution in [1.82, 2.24) is 10.6 Å². The summed E-state index contributed by atoms with van der Waals surface area (Å²) in [6, 6.07) is 0. The fourth-order valence-corrected chi connectivity index (χ4v) is 7.27. The lowest BCUT2D eigenvalue weighted by atomic mass is 9.72. The molecule has 2 heterocycles. The van der Waals surface area contributed by atoms with Gasteiger partial charge in [-0.2, -0.15) is 0 Å². The van der Waals surface area contributed by atoms with Gasteiger partial charge in [0.05, 0.1) is 0 Å². The van der Waals surface area contributed by atoms with Gasteiger partial charge in [-0.3, -0.25) is 9.59 Å². The number of carbonyl (C=O) groups is 2. The van der Waals surface area contributed by atoms with Crippen molar-refractivity contribution in [3.05, 3.63) is 0 Å². The minimum absolute atomic E-state index is 0.0356. The summed E-state index contributed by atoms with van der Waals surface area (Å²) in [4.78, 5) is 25.5. The molecule has 2 N–H and O–H groups in total. The van der Waals surface area contributed by atoms with Crippen molar-refractivity contribution < 1.29 is 19.1 Å². The van der Waals surface area contributed by atoms with E-state index in [0.29, 0.717) is 25.7 Å². The molecule has 2 fully saturated rings. The largest absolute Gasteiger partial charge is 0.462 e. The Labute approximate surface area is 234 Å². The maximum absolute atomic E-state index is 12.8. The quantitative estimate of drug-likeness (QED) is 0.168. The van der Waals surface area contributed by atoms with Crippen LogP contribution in [-0.2, 0) is 19.1 Å². The first-order valence-corrected chi connectivity index (χ1v) is 16.0. The first-order valence-electron chi connectivity index (χ1n) is 16.0. The Morgan fingerprint density at radius 2 is 0.763 bits per heavy atom. The molecule has 6 nitrogen and oxygen atoms in total. The van der Waals surface area contributed by atoms with Gasteiger partial charge in [-0.15, -0.1) is 0 Å². The van der Waals surface area contributed by atoms with Crippen molar-refractivity contribution in [2.24, 2.45) is 0 Å². The van der Waals surface area contributed by atoms with Crippen LogP contribution in [0.3, 0.4) is 0 Å². The SMILES string of the molecule is CCC1(CC)CC(OC(=O)CCCCC(=O)OC2CC(CC)(CC)NC(CC)(CC)C2)CC(CC)(CC)N1. The zero-order valence-electron chi connectivity index (χ0n) is 26.1. The molecule has 0 aromatic heterocycles. The molecule has 2 saturated heterocycles. The molecule has 0 saturated carbocycles. The molecule has 0 radical (unpaired) electrons. The molecule has 6 heteroatoms. The molecule has 2 aliphatic heterocycles. The van der Waals surface area contributed by atoms with E-state index >= 15 is 0 Å². The van der Waals surface area contributed by atoms with Crippen LogP contribution in [0.1, 0.15) is 158 Å². The molecule has 222 valence electrons. The normalized spacial score (nSPS) is 22.6. The molecule has 38 heavy (non-hydrogen) atoms. The molecule has 2 rings (SSSR count). The van der Waals surface area contributed by atoms with Crippen LogP contribution >= 0.6 is 0 Å². The lowest BCUT2D eigenvalue weighted by Gasteiger charge is -2.51. The lowest BCUT2D eigenvalue weighted by Crippen LogP contribution is -2.64. The first-order chi connectivity index (χ1) is 18.1. The van der Waals surface area contributed by atoms with Crippen molar-refractivity contribution in [3.8, 4) is 0 Å². The smallest absolute Gasteiger partial charge is 0.306 e. The number of hydrogen-bond donors (Lipinski definition) is 2. The number of carbonyl (C=O) groups excluding carboxylic acids is 2. The average Bonchev–Trinajstić information content (AvgIpc) is 2.94. The monoisotopic (exact) mass is 536 g/mol. The molecule has 0 aliphatic carbocycles. The molecule has 0 unspecified atom stereocenters. The summed E-state index contributed by atoms with van der Waals surface area (Å²) in [5, 5.41) is 7.92. The van der Waals surface area contributed by atoms with Gasteiger partial charge < -0.3 is 20.1 Å². The van der Waals surface area contributed by atoms with Crippen molar-refractivity contribution in [1.29, 1.82) is 0 Å². The second-order valence-electron chi connectivity index (χ2n) is 12.4. The lowest BCUT2D eigenvalue weighted by molar-refractivity contribution is -0.157. The van der Waals surface area contributed by atoms with Gasteiger partial charge >= 0.3 is 11.9 Å². The predicted octanol–water partition coefficient (Wildman–Crippen LogP) is 7.37. The van der Waals surface area contributed by atoms with E-state index in [-0.39, 0.29) is 46.3 Å². The van der Waals surface area contributed by atoms with Gasteiger partial charge in [0.1, 0.15) is 12.2 Å². The number of hydrogen-bond acceptors (Lipinski definition) is 6. The highest BCUT2D eigenvalue weighted by Crippen LogP contribution is 2.40. The number of esters is 2. The van der Waals surface area contributed by atoms with Crippen LogP contribution in [0, 0.1) is 0 Å². The summed E-state index contributed by atoms with van der Waals surface area (Å²) >= 11 is 0. The zero-order valence-corrected chi connectivity index (χ0v) is 26.1. The van der Waals surface area contributed by atoms with E-state index in [0.717, 1.165) is 77.0 Å². The van der Waals surface area contributed by atoms with Crippen LogP contribution in [0.2, 0.25) is 0 Å². The molecular weight excluding hydrogens is 476 g/mol. The zero-order chi connectivity index (χ0) is 28.5. The Morgan fingerprint density at radius 3 is 0.974 bits per heavy atom. The third kappa shape index (κ3) is 8.19. The molecule has 0 atom stereocenters. The van der Waals surface area contributed by atoms with E-state index in [4.69, 9.17) is 9.47 Å². The van der Waals surface area contributed by atoms with Crippen molar-refractivity contribution in [2.75, 3.05) is 0 Å². The first kappa shape index (κ1) is 33.1. The van der Waals surface area contributed by atoms with Gasteiger partial charge in [0.2, 0.25) is 0 Å². The fraction of sp³-hybridized carbons (Fsp3) is 0.938. The van der Waals surface area contributed by atoms with Gasteiger partial charge in [-0.25, -0.2) is 0 Å². The van der Waals surface area contributed by atoms with Crippen molar-refractivity contribution >= 4 is 11.9 Å². The van der Waals surface area contributed by atoms with Gasteiger partial charge in [-0.05, 0) is 64.2 Å². The van der Waals surface area contributed by atoms with Crippen LogP contribution in [0.15, 0.2) is 0 Å². The van der Waals surface area contributed by atoms with E-state index in [1.54, 1.807) is 0 Å². The number of piperidine rings is 2. The van der Waals surface area contributed by atoms with Crippen LogP contribution < -0.4 is 10.6 Å². The number of nitrogens with one attached hydrogen (secondary N) is 2. The maximum atomic E-state index is 12.8. The van der Waals surface area contributed by atoms with Gasteiger partial charge in [-0.1, -0.05) is 55.4 Å². The van der Waals surface area contributed by atoms with E-state index in [9.17, 15) is 9.59 Å². The molecule has 0 aromatic carbocycles. The Bertz CT molecular complexity index is 634. The highest BCUT2D eigenvalue weighted by molar-refractivity contribution is 5.71. The van der Waals surface area contributed by atoms with E-state index in [1.807, 2.05) is 0 Å². The predicted molar refractivity (Wildman–Crippen MR) is 156 cm³/mol. The Hall–Kier alpha value is -1.14. The fourth-order valence-electron chi connectivity index (χ4n) is 7.27. The summed E-state index contributed by atoms with van der Waals surface area (Å²) in [5.74, 6) is -0.255. The standard InChI is InChI=1S/C32H60N2O4/c1-9-29(10-2)21-25(22-30(11-3,12-4)33-29)37-27(35)19-17-18-20-28(36)38-26-23-31(13-5,14-6)34-32(15-7,16-8)24-26/h25-26,33-34H,9-24H2,1-8H3. The van der Waals surface area contributed by atoms with Gasteiger partial charge in [0.25, 0.3) is 0 Å². The minimum Gasteiger partial charge on any atom is -0.462 e. The van der Waals surface area contributed by atoms with Crippen molar-refractivity contribution in [3.63, 3.8) is 0 Å². The van der Waals surface area contributed by atoms with E-state index in [2.05, 4.69) is 66.0 Å². The Morgan fingerprint density at radius 1 is 0.526 bits per heavy atom. The molecular formula is C32H60N2O4.